The van der Waals surface area contributed by atoms with Gasteiger partial charge in [0, 0.05) is 10.5 Å². The van der Waals surface area contributed by atoms with Crippen LogP contribution in [0.1, 0.15) is 5.56 Å². The number of aryl methyl sites for hydroxylation is 1. The van der Waals surface area contributed by atoms with E-state index in [4.69, 9.17) is 9.47 Å². The zero-order valence-electron chi connectivity index (χ0n) is 12.4. The number of halogens is 1. The molecule has 0 bridgehead atoms. The zero-order chi connectivity index (χ0) is 16.3. The highest BCUT2D eigenvalue weighted by molar-refractivity contribution is 9.10. The summed E-state index contributed by atoms with van der Waals surface area (Å²) >= 11 is 3.29. The second-order valence-corrected chi connectivity index (χ2v) is 7.15. The predicted octanol–water partition coefficient (Wildman–Crippen LogP) is 3.58. The summed E-state index contributed by atoms with van der Waals surface area (Å²) in [5.41, 5.74) is 1.01. The Bertz CT molecular complexity index is 790. The lowest BCUT2D eigenvalue weighted by atomic mass is 10.2. The topological polar surface area (TPSA) is 64.6 Å². The average molecular weight is 386 g/mol. The second-order valence-electron chi connectivity index (χ2n) is 4.58. The molecule has 0 aromatic heterocycles. The molecule has 0 unspecified atom stereocenters. The fourth-order valence-corrected chi connectivity index (χ4v) is 3.80. The Balaban J connectivity index is 2.43. The average Bonchev–Trinajstić information content (AvgIpc) is 2.49. The third-order valence-electron chi connectivity index (χ3n) is 3.09. The predicted molar refractivity (Wildman–Crippen MR) is 89.2 cm³/mol. The lowest BCUT2D eigenvalue weighted by molar-refractivity contribution is 0.395. The van der Waals surface area contributed by atoms with E-state index in [2.05, 4.69) is 20.7 Å². The Labute approximate surface area is 138 Å². The van der Waals surface area contributed by atoms with Gasteiger partial charge in [-0.15, -0.1) is 0 Å². The Hall–Kier alpha value is -1.73. The Morgan fingerprint density at radius 2 is 1.77 bits per heavy atom. The molecule has 0 saturated carbocycles. The molecule has 0 aliphatic heterocycles. The van der Waals surface area contributed by atoms with Crippen LogP contribution < -0.4 is 14.2 Å². The molecule has 0 fully saturated rings. The summed E-state index contributed by atoms with van der Waals surface area (Å²) in [5.74, 6) is 0.967. The van der Waals surface area contributed by atoms with E-state index in [-0.39, 0.29) is 4.90 Å². The van der Waals surface area contributed by atoms with Crippen molar-refractivity contribution in [3.8, 4) is 11.5 Å². The van der Waals surface area contributed by atoms with Gasteiger partial charge in [0.05, 0.1) is 24.8 Å². The van der Waals surface area contributed by atoms with Crippen molar-refractivity contribution in [2.24, 2.45) is 0 Å². The van der Waals surface area contributed by atoms with E-state index in [0.29, 0.717) is 27.2 Å². The monoisotopic (exact) mass is 385 g/mol. The maximum Gasteiger partial charge on any atom is 0.262 e. The summed E-state index contributed by atoms with van der Waals surface area (Å²) in [6.45, 7) is 1.74. The fourth-order valence-electron chi connectivity index (χ4n) is 1.95. The summed E-state index contributed by atoms with van der Waals surface area (Å²) < 4.78 is 38.7. The highest BCUT2D eigenvalue weighted by atomic mass is 79.9. The molecule has 22 heavy (non-hydrogen) atoms. The number of sulfonamides is 1. The highest BCUT2D eigenvalue weighted by Crippen LogP contribution is 2.31. The molecule has 0 aliphatic rings. The van der Waals surface area contributed by atoms with Crippen LogP contribution in [0.15, 0.2) is 45.8 Å². The smallest absolute Gasteiger partial charge is 0.262 e. The minimum atomic E-state index is -3.72. The first kappa shape index (κ1) is 16.6. The Kier molecular flexibility index (Phi) is 4.97. The van der Waals surface area contributed by atoms with Crippen LogP contribution in [0, 0.1) is 6.92 Å². The number of rotatable bonds is 5. The number of nitrogens with one attached hydrogen (secondary N) is 1. The van der Waals surface area contributed by atoms with Gasteiger partial charge in [0.15, 0.2) is 0 Å². The van der Waals surface area contributed by atoms with Crippen molar-refractivity contribution in [3.05, 3.63) is 46.4 Å². The van der Waals surface area contributed by atoms with Crippen LogP contribution in [0.25, 0.3) is 0 Å². The number of hydrogen-bond donors (Lipinski definition) is 1. The maximum atomic E-state index is 12.6. The SMILES string of the molecule is COc1ccc(NS(=O)(=O)c2cc(Br)ccc2C)c(OC)c1. The van der Waals surface area contributed by atoms with Crippen molar-refractivity contribution in [2.45, 2.75) is 11.8 Å². The highest BCUT2D eigenvalue weighted by Gasteiger charge is 2.19. The van der Waals surface area contributed by atoms with E-state index in [1.165, 1.54) is 14.2 Å². The number of anilines is 1. The van der Waals surface area contributed by atoms with Crippen LogP contribution in [0.4, 0.5) is 5.69 Å². The van der Waals surface area contributed by atoms with Gasteiger partial charge in [-0.05, 0) is 36.8 Å². The summed E-state index contributed by atoms with van der Waals surface area (Å²) in [6, 6.07) is 9.97. The van der Waals surface area contributed by atoms with E-state index in [1.54, 1.807) is 43.3 Å². The van der Waals surface area contributed by atoms with Gasteiger partial charge in [-0.1, -0.05) is 22.0 Å². The largest absolute Gasteiger partial charge is 0.497 e. The third-order valence-corrected chi connectivity index (χ3v) is 5.09. The Morgan fingerprint density at radius 3 is 2.41 bits per heavy atom. The number of methoxy groups -OCH3 is 2. The molecule has 0 saturated heterocycles. The first-order valence-electron chi connectivity index (χ1n) is 6.38. The molecule has 0 heterocycles. The Morgan fingerprint density at radius 1 is 1.05 bits per heavy atom. The quantitative estimate of drug-likeness (QED) is 0.853. The third kappa shape index (κ3) is 3.53. The molecule has 2 rings (SSSR count). The van der Waals surface area contributed by atoms with E-state index in [1.807, 2.05) is 0 Å². The van der Waals surface area contributed by atoms with Crippen molar-refractivity contribution in [2.75, 3.05) is 18.9 Å². The lowest BCUT2D eigenvalue weighted by Gasteiger charge is -2.14. The van der Waals surface area contributed by atoms with Crippen molar-refractivity contribution < 1.29 is 17.9 Å². The standard InChI is InChI=1S/C15H16BrNO4S/c1-10-4-5-11(16)8-15(10)22(18,19)17-13-7-6-12(20-2)9-14(13)21-3/h4-9,17H,1-3H3. The molecule has 0 radical (unpaired) electrons. The normalized spacial score (nSPS) is 11.1. The van der Waals surface area contributed by atoms with Gasteiger partial charge in [-0.3, -0.25) is 4.72 Å². The number of ether oxygens (including phenoxy) is 2. The molecule has 1 N–H and O–H groups in total. The van der Waals surface area contributed by atoms with E-state index < -0.39 is 10.0 Å². The van der Waals surface area contributed by atoms with Gasteiger partial charge in [-0.2, -0.15) is 0 Å². The first-order chi connectivity index (χ1) is 10.4. The summed E-state index contributed by atoms with van der Waals surface area (Å²) in [4.78, 5) is 0.208. The maximum absolute atomic E-state index is 12.6. The summed E-state index contributed by atoms with van der Waals surface area (Å²) in [5, 5.41) is 0. The molecule has 2 aromatic rings. The minimum Gasteiger partial charge on any atom is -0.497 e. The molecule has 0 aliphatic carbocycles. The van der Waals surface area contributed by atoms with Crippen LogP contribution >= 0.6 is 15.9 Å². The van der Waals surface area contributed by atoms with Gasteiger partial charge >= 0.3 is 0 Å². The fraction of sp³-hybridized carbons (Fsp3) is 0.200. The van der Waals surface area contributed by atoms with E-state index in [9.17, 15) is 8.42 Å². The molecule has 0 atom stereocenters. The van der Waals surface area contributed by atoms with Crippen LogP contribution in [-0.4, -0.2) is 22.6 Å². The molecule has 0 spiro atoms. The van der Waals surface area contributed by atoms with Gasteiger partial charge in [-0.25, -0.2) is 8.42 Å². The molecule has 0 amide bonds. The van der Waals surface area contributed by atoms with Crippen molar-refractivity contribution in [3.63, 3.8) is 0 Å². The van der Waals surface area contributed by atoms with Crippen LogP contribution in [0.2, 0.25) is 0 Å². The molecule has 2 aromatic carbocycles. The van der Waals surface area contributed by atoms with Crippen molar-refractivity contribution >= 4 is 31.6 Å². The van der Waals surface area contributed by atoms with E-state index >= 15 is 0 Å². The van der Waals surface area contributed by atoms with Gasteiger partial charge < -0.3 is 9.47 Å². The van der Waals surface area contributed by atoms with Crippen LogP contribution in [0.5, 0.6) is 11.5 Å². The molecular formula is C15H16BrNO4S. The van der Waals surface area contributed by atoms with Crippen molar-refractivity contribution in [1.29, 1.82) is 0 Å². The van der Waals surface area contributed by atoms with Crippen molar-refractivity contribution in [1.82, 2.24) is 0 Å². The van der Waals surface area contributed by atoms with Gasteiger partial charge in [0.2, 0.25) is 0 Å². The lowest BCUT2D eigenvalue weighted by Crippen LogP contribution is -2.15. The van der Waals surface area contributed by atoms with Crippen LogP contribution in [-0.2, 0) is 10.0 Å². The molecular weight excluding hydrogens is 370 g/mol. The van der Waals surface area contributed by atoms with E-state index in [0.717, 1.165) is 0 Å². The molecule has 7 heteroatoms. The number of benzene rings is 2. The number of hydrogen-bond acceptors (Lipinski definition) is 4. The molecule has 5 nitrogen and oxygen atoms in total. The minimum absolute atomic E-state index is 0.208. The van der Waals surface area contributed by atoms with Gasteiger partial charge in [0.1, 0.15) is 11.5 Å². The van der Waals surface area contributed by atoms with Gasteiger partial charge in [0.25, 0.3) is 10.0 Å². The first-order valence-corrected chi connectivity index (χ1v) is 8.66. The molecule has 118 valence electrons. The zero-order valence-corrected chi connectivity index (χ0v) is 14.8. The summed E-state index contributed by atoms with van der Waals surface area (Å²) in [6.07, 6.45) is 0. The summed E-state index contributed by atoms with van der Waals surface area (Å²) in [7, 11) is -0.719. The van der Waals surface area contributed by atoms with Crippen LogP contribution in [0.3, 0.4) is 0 Å². The second kappa shape index (κ2) is 6.58.